The Kier molecular flexibility index (Phi) is 4.57. The van der Waals surface area contributed by atoms with Crippen molar-refractivity contribution in [3.8, 4) is 0 Å². The van der Waals surface area contributed by atoms with Gasteiger partial charge in [-0.05, 0) is 55.3 Å². The highest BCUT2D eigenvalue weighted by molar-refractivity contribution is 6.25. The van der Waals surface area contributed by atoms with Crippen molar-refractivity contribution in [2.75, 3.05) is 16.8 Å². The summed E-state index contributed by atoms with van der Waals surface area (Å²) in [5.41, 5.74) is 2.75. The molecule has 1 saturated heterocycles. The van der Waals surface area contributed by atoms with Crippen LogP contribution >= 0.6 is 0 Å². The molecule has 0 aromatic heterocycles. The second-order valence-electron chi connectivity index (χ2n) is 7.03. The van der Waals surface area contributed by atoms with Gasteiger partial charge in [-0.1, -0.05) is 17.4 Å². The van der Waals surface area contributed by atoms with Crippen molar-refractivity contribution >= 4 is 29.1 Å². The maximum atomic E-state index is 13.3. The predicted molar refractivity (Wildman–Crippen MR) is 103 cm³/mol. The number of imide groups is 1. The third-order valence-corrected chi connectivity index (χ3v) is 5.02. The lowest BCUT2D eigenvalue weighted by molar-refractivity contribution is -0.123. The number of carbonyl (C=O) groups excluding carboxylic acids is 3. The highest BCUT2D eigenvalue weighted by Gasteiger charge is 2.55. The van der Waals surface area contributed by atoms with E-state index in [1.807, 2.05) is 19.9 Å². The molecular formula is C20H18FN5O3. The van der Waals surface area contributed by atoms with Gasteiger partial charge < -0.3 is 5.32 Å². The molecule has 1 fully saturated rings. The molecule has 2 aromatic carbocycles. The monoisotopic (exact) mass is 395 g/mol. The first-order chi connectivity index (χ1) is 13.8. The molecule has 3 amide bonds. The molecule has 2 aromatic rings. The Labute approximate surface area is 166 Å². The van der Waals surface area contributed by atoms with Gasteiger partial charge >= 0.3 is 0 Å². The number of carbonyl (C=O) groups is 3. The molecule has 0 bridgehead atoms. The molecule has 0 aliphatic carbocycles. The zero-order valence-electron chi connectivity index (χ0n) is 15.8. The summed E-state index contributed by atoms with van der Waals surface area (Å²) in [6.07, 6.45) is 0. The first-order valence-corrected chi connectivity index (χ1v) is 9.03. The van der Waals surface area contributed by atoms with Crippen LogP contribution in [0.15, 0.2) is 52.8 Å². The molecule has 9 heteroatoms. The zero-order valence-corrected chi connectivity index (χ0v) is 15.8. The molecule has 0 radical (unpaired) electrons. The Hall–Kier alpha value is -3.62. The molecule has 0 saturated carbocycles. The lowest BCUT2D eigenvalue weighted by Gasteiger charge is -2.20. The van der Waals surface area contributed by atoms with Crippen LogP contribution in [0, 0.1) is 19.7 Å². The van der Waals surface area contributed by atoms with Crippen LogP contribution < -0.4 is 10.2 Å². The quantitative estimate of drug-likeness (QED) is 0.804. The molecule has 29 heavy (non-hydrogen) atoms. The van der Waals surface area contributed by atoms with Crippen molar-refractivity contribution in [1.29, 1.82) is 0 Å². The summed E-state index contributed by atoms with van der Waals surface area (Å²) >= 11 is 0. The third kappa shape index (κ3) is 3.35. The van der Waals surface area contributed by atoms with Crippen LogP contribution in [0.3, 0.4) is 0 Å². The van der Waals surface area contributed by atoms with E-state index in [-0.39, 0.29) is 12.2 Å². The van der Waals surface area contributed by atoms with E-state index in [9.17, 15) is 18.8 Å². The molecular weight excluding hydrogens is 377 g/mol. The van der Waals surface area contributed by atoms with Crippen LogP contribution in [0.25, 0.3) is 0 Å². The summed E-state index contributed by atoms with van der Waals surface area (Å²) in [4.78, 5) is 39.1. The van der Waals surface area contributed by atoms with Crippen molar-refractivity contribution in [1.82, 2.24) is 5.01 Å². The fraction of sp³-hybridized carbons (Fsp3) is 0.250. The first kappa shape index (κ1) is 18.7. The number of aryl methyl sites for hydroxylation is 2. The van der Waals surface area contributed by atoms with Crippen LogP contribution in [-0.4, -0.2) is 41.4 Å². The Bertz CT molecular complexity index is 1050. The van der Waals surface area contributed by atoms with Gasteiger partial charge in [-0.2, -0.15) is 5.11 Å². The summed E-state index contributed by atoms with van der Waals surface area (Å²) < 4.78 is 13.3. The molecule has 8 nitrogen and oxygen atoms in total. The third-order valence-electron chi connectivity index (χ3n) is 5.02. The SMILES string of the molecule is Cc1ccc(N2C(=O)[C@H]3N=NN(CC(=O)Nc4cccc(F)c4)[C@H]3C2=O)cc1C. The van der Waals surface area contributed by atoms with Crippen molar-refractivity contribution in [3.05, 3.63) is 59.4 Å². The molecule has 2 aliphatic heterocycles. The van der Waals surface area contributed by atoms with Gasteiger partial charge in [0.05, 0.1) is 5.69 Å². The topological polar surface area (TPSA) is 94.4 Å². The highest BCUT2D eigenvalue weighted by atomic mass is 19.1. The van der Waals surface area contributed by atoms with Crippen LogP contribution in [0.5, 0.6) is 0 Å². The van der Waals surface area contributed by atoms with Crippen molar-refractivity contribution in [2.45, 2.75) is 25.9 Å². The number of fused-ring (bicyclic) bond motifs is 1. The van der Waals surface area contributed by atoms with E-state index in [1.165, 1.54) is 23.2 Å². The summed E-state index contributed by atoms with van der Waals surface area (Å²) in [6.45, 7) is 3.54. The van der Waals surface area contributed by atoms with E-state index in [2.05, 4.69) is 15.7 Å². The second kappa shape index (κ2) is 7.08. The van der Waals surface area contributed by atoms with Gasteiger partial charge in [0, 0.05) is 5.69 Å². The molecule has 0 spiro atoms. The fourth-order valence-electron chi connectivity index (χ4n) is 3.39. The van der Waals surface area contributed by atoms with Crippen LogP contribution in [0.4, 0.5) is 15.8 Å². The first-order valence-electron chi connectivity index (χ1n) is 9.03. The predicted octanol–water partition coefficient (Wildman–Crippen LogP) is 2.37. The Morgan fingerprint density at radius 3 is 2.62 bits per heavy atom. The minimum atomic E-state index is -0.980. The van der Waals surface area contributed by atoms with Gasteiger partial charge in [-0.3, -0.25) is 19.4 Å². The van der Waals surface area contributed by atoms with Crippen LogP contribution in [0.2, 0.25) is 0 Å². The highest BCUT2D eigenvalue weighted by Crippen LogP contribution is 2.32. The molecule has 1 N–H and O–H groups in total. The van der Waals surface area contributed by atoms with E-state index < -0.39 is 35.6 Å². The number of halogens is 1. The maximum Gasteiger partial charge on any atom is 0.263 e. The summed E-state index contributed by atoms with van der Waals surface area (Å²) in [6, 6.07) is 8.82. The van der Waals surface area contributed by atoms with Crippen LogP contribution in [0.1, 0.15) is 11.1 Å². The van der Waals surface area contributed by atoms with Crippen LogP contribution in [-0.2, 0) is 14.4 Å². The number of anilines is 2. The summed E-state index contributed by atoms with van der Waals surface area (Å²) in [5.74, 6) is -1.93. The molecule has 2 aliphatic rings. The normalized spacial score (nSPS) is 20.4. The number of benzene rings is 2. The van der Waals surface area contributed by atoms with Gasteiger partial charge in [0.1, 0.15) is 12.4 Å². The average Bonchev–Trinajstić information content (AvgIpc) is 3.18. The zero-order chi connectivity index (χ0) is 20.7. The van der Waals surface area contributed by atoms with Crippen molar-refractivity contribution < 1.29 is 18.8 Å². The summed E-state index contributed by atoms with van der Waals surface area (Å²) in [7, 11) is 0. The Morgan fingerprint density at radius 1 is 1.10 bits per heavy atom. The number of rotatable bonds is 4. The number of amides is 3. The van der Waals surface area contributed by atoms with E-state index in [0.717, 1.165) is 16.0 Å². The van der Waals surface area contributed by atoms with Gasteiger partial charge in [-0.25, -0.2) is 9.29 Å². The Morgan fingerprint density at radius 2 is 1.90 bits per heavy atom. The molecule has 2 heterocycles. The molecule has 2 atom stereocenters. The van der Waals surface area contributed by atoms with E-state index >= 15 is 0 Å². The number of nitrogens with one attached hydrogen (secondary N) is 1. The standard InChI is InChI=1S/C20H18FN5O3/c1-11-6-7-15(8-12(11)2)26-19(28)17-18(20(26)29)25(24-23-17)10-16(27)22-14-5-3-4-13(21)9-14/h3-9,17-18H,10H2,1-2H3,(H,22,27)/t17-,18+/m0/s1. The van der Waals surface area contributed by atoms with E-state index in [4.69, 9.17) is 0 Å². The number of hydrogen-bond donors (Lipinski definition) is 1. The Balaban J connectivity index is 1.50. The van der Waals surface area contributed by atoms with Crippen molar-refractivity contribution in [3.63, 3.8) is 0 Å². The maximum absolute atomic E-state index is 13.3. The molecule has 148 valence electrons. The van der Waals surface area contributed by atoms with Gasteiger partial charge in [0.25, 0.3) is 11.8 Å². The summed E-state index contributed by atoms with van der Waals surface area (Å²) in [5, 5.41) is 11.5. The van der Waals surface area contributed by atoms with Gasteiger partial charge in [0.15, 0.2) is 12.1 Å². The van der Waals surface area contributed by atoms with E-state index in [0.29, 0.717) is 5.69 Å². The number of hydrogen-bond acceptors (Lipinski definition) is 6. The smallest absolute Gasteiger partial charge is 0.263 e. The van der Waals surface area contributed by atoms with Crippen molar-refractivity contribution in [2.24, 2.45) is 10.3 Å². The van der Waals surface area contributed by atoms with Gasteiger partial charge in [-0.15, -0.1) is 0 Å². The molecule has 4 rings (SSSR count). The largest absolute Gasteiger partial charge is 0.324 e. The minimum Gasteiger partial charge on any atom is -0.324 e. The fourth-order valence-corrected chi connectivity index (χ4v) is 3.39. The number of nitrogens with zero attached hydrogens (tertiary/aromatic N) is 4. The average molecular weight is 395 g/mol. The minimum absolute atomic E-state index is 0.285. The van der Waals surface area contributed by atoms with E-state index in [1.54, 1.807) is 18.2 Å². The lowest BCUT2D eigenvalue weighted by atomic mass is 10.1. The lowest BCUT2D eigenvalue weighted by Crippen LogP contribution is -2.43. The molecule has 0 unspecified atom stereocenters. The second-order valence-corrected chi connectivity index (χ2v) is 7.03. The van der Waals surface area contributed by atoms with Gasteiger partial charge in [0.2, 0.25) is 5.91 Å².